The third kappa shape index (κ3) is 5.96. The molecular formula is C12H22N2O2S. The average molecular weight is 258 g/mol. The maximum atomic E-state index is 11.1. The number of hydrogen-bond donors (Lipinski definition) is 1. The van der Waals surface area contributed by atoms with Crippen molar-refractivity contribution in [2.24, 2.45) is 4.99 Å². The van der Waals surface area contributed by atoms with Crippen molar-refractivity contribution in [3.8, 4) is 0 Å². The van der Waals surface area contributed by atoms with Crippen molar-refractivity contribution in [2.75, 3.05) is 18.9 Å². The number of aliphatic imine (C=N–C) groups is 1. The van der Waals surface area contributed by atoms with E-state index in [1.54, 1.807) is 11.8 Å². The quantitative estimate of drug-likeness (QED) is 0.586. The highest BCUT2D eigenvalue weighted by molar-refractivity contribution is 8.13. The van der Waals surface area contributed by atoms with Gasteiger partial charge in [-0.3, -0.25) is 9.79 Å². The largest absolute Gasteiger partial charge is 0.466 e. The number of thioether (sulfide) groups is 1. The number of ether oxygens (including phenoxy) is 1. The highest BCUT2D eigenvalue weighted by Gasteiger charge is 2.15. The lowest BCUT2D eigenvalue weighted by atomic mass is 10.2. The fourth-order valence-electron chi connectivity index (χ4n) is 1.62. The average Bonchev–Trinajstić information content (AvgIpc) is 2.35. The molecule has 0 bridgehead atoms. The van der Waals surface area contributed by atoms with Gasteiger partial charge in [-0.05, 0) is 26.2 Å². The topological polar surface area (TPSA) is 50.7 Å². The maximum absolute atomic E-state index is 11.1. The molecule has 1 heterocycles. The number of amidine groups is 1. The number of nitrogens with zero attached hydrogens (tertiary/aromatic N) is 1. The molecule has 1 N–H and O–H groups in total. The van der Waals surface area contributed by atoms with Crippen LogP contribution in [0.2, 0.25) is 0 Å². The Bertz CT molecular complexity index is 269. The zero-order valence-electron chi connectivity index (χ0n) is 10.7. The molecule has 1 aliphatic heterocycles. The van der Waals surface area contributed by atoms with Crippen LogP contribution in [0.5, 0.6) is 0 Å². The summed E-state index contributed by atoms with van der Waals surface area (Å²) >= 11 is 1.77. The van der Waals surface area contributed by atoms with Crippen molar-refractivity contribution in [2.45, 2.75) is 45.6 Å². The van der Waals surface area contributed by atoms with E-state index in [1.165, 1.54) is 6.42 Å². The normalized spacial score (nSPS) is 22.2. The molecule has 0 spiro atoms. The van der Waals surface area contributed by atoms with Crippen LogP contribution in [0.1, 0.15) is 39.5 Å². The fourth-order valence-corrected chi connectivity index (χ4v) is 2.65. The Hall–Kier alpha value is -0.710. The minimum atomic E-state index is -0.122. The van der Waals surface area contributed by atoms with Crippen LogP contribution in [-0.4, -0.2) is 36.1 Å². The van der Waals surface area contributed by atoms with Gasteiger partial charge in [0.15, 0.2) is 5.17 Å². The number of carbonyl (C=O) groups is 1. The molecule has 98 valence electrons. The summed E-state index contributed by atoms with van der Waals surface area (Å²) < 4.78 is 4.86. The van der Waals surface area contributed by atoms with Gasteiger partial charge in [0.25, 0.3) is 0 Å². The van der Waals surface area contributed by atoms with Crippen molar-refractivity contribution >= 4 is 22.9 Å². The molecule has 0 radical (unpaired) electrons. The molecule has 0 amide bonds. The van der Waals surface area contributed by atoms with Gasteiger partial charge in [0.2, 0.25) is 0 Å². The van der Waals surface area contributed by atoms with Gasteiger partial charge in [-0.1, -0.05) is 18.7 Å². The monoisotopic (exact) mass is 258 g/mol. The zero-order valence-corrected chi connectivity index (χ0v) is 11.5. The van der Waals surface area contributed by atoms with Crippen molar-refractivity contribution in [1.29, 1.82) is 0 Å². The summed E-state index contributed by atoms with van der Waals surface area (Å²) in [6.07, 6.45) is 3.58. The molecule has 5 heteroatoms. The molecule has 1 aliphatic rings. The van der Waals surface area contributed by atoms with Crippen LogP contribution < -0.4 is 5.32 Å². The number of nitrogens with one attached hydrogen (secondary N) is 1. The number of esters is 1. The predicted octanol–water partition coefficient (Wildman–Crippen LogP) is 2.19. The Balaban J connectivity index is 2.17. The lowest BCUT2D eigenvalue weighted by Gasteiger charge is -2.24. The van der Waals surface area contributed by atoms with Gasteiger partial charge in [0.05, 0.1) is 6.61 Å². The van der Waals surface area contributed by atoms with E-state index in [1.807, 2.05) is 6.92 Å². The summed E-state index contributed by atoms with van der Waals surface area (Å²) in [7, 11) is 0. The van der Waals surface area contributed by atoms with Crippen LogP contribution in [0.15, 0.2) is 4.99 Å². The summed E-state index contributed by atoms with van der Waals surface area (Å²) in [6, 6.07) is 0.569. The van der Waals surface area contributed by atoms with Gasteiger partial charge in [-0.25, -0.2) is 0 Å². The molecule has 1 fully saturated rings. The highest BCUT2D eigenvalue weighted by atomic mass is 32.2. The third-order valence-corrected chi connectivity index (χ3v) is 3.59. The lowest BCUT2D eigenvalue weighted by molar-refractivity contribution is -0.143. The van der Waals surface area contributed by atoms with E-state index < -0.39 is 0 Å². The first kappa shape index (κ1) is 14.4. The van der Waals surface area contributed by atoms with Crippen LogP contribution in [0.25, 0.3) is 0 Å². The van der Waals surface area contributed by atoms with Crippen molar-refractivity contribution in [3.05, 3.63) is 0 Å². The van der Waals surface area contributed by atoms with E-state index in [0.717, 1.165) is 23.8 Å². The summed E-state index contributed by atoms with van der Waals surface area (Å²) in [5, 5.41) is 4.45. The van der Waals surface area contributed by atoms with Crippen LogP contribution in [0.4, 0.5) is 0 Å². The molecule has 1 atom stereocenters. The predicted molar refractivity (Wildman–Crippen MR) is 72.5 cm³/mol. The smallest absolute Gasteiger partial charge is 0.305 e. The van der Waals surface area contributed by atoms with E-state index in [9.17, 15) is 4.79 Å². The Morgan fingerprint density at radius 2 is 2.41 bits per heavy atom. The molecule has 0 aliphatic carbocycles. The zero-order chi connectivity index (χ0) is 12.5. The van der Waals surface area contributed by atoms with Crippen LogP contribution in [0, 0.1) is 0 Å². The maximum Gasteiger partial charge on any atom is 0.305 e. The van der Waals surface area contributed by atoms with E-state index in [-0.39, 0.29) is 5.97 Å². The van der Waals surface area contributed by atoms with Gasteiger partial charge >= 0.3 is 5.97 Å². The lowest BCUT2D eigenvalue weighted by Crippen LogP contribution is -2.37. The summed E-state index contributed by atoms with van der Waals surface area (Å²) in [6.45, 7) is 5.17. The van der Waals surface area contributed by atoms with Crippen molar-refractivity contribution in [3.63, 3.8) is 0 Å². The van der Waals surface area contributed by atoms with E-state index in [2.05, 4.69) is 17.2 Å². The second-order valence-electron chi connectivity index (χ2n) is 3.98. The molecule has 0 saturated carbocycles. The minimum Gasteiger partial charge on any atom is -0.466 e. The summed E-state index contributed by atoms with van der Waals surface area (Å²) in [5.41, 5.74) is 0. The second kappa shape index (κ2) is 8.39. The van der Waals surface area contributed by atoms with E-state index in [4.69, 9.17) is 4.74 Å². The molecule has 1 rings (SSSR count). The number of rotatable bonds is 6. The van der Waals surface area contributed by atoms with Gasteiger partial charge in [-0.15, -0.1) is 0 Å². The van der Waals surface area contributed by atoms with Gasteiger partial charge < -0.3 is 10.1 Å². The molecule has 4 nitrogen and oxygen atoms in total. The van der Waals surface area contributed by atoms with Gasteiger partial charge in [0.1, 0.15) is 0 Å². The standard InChI is InChI=1S/C12H22N2O2S/c1-3-10-7-9-17-12(14-10)13-8-5-6-11(15)16-4-2/h10H,3-9H2,1-2H3,(H,13,14). The molecule has 1 saturated heterocycles. The third-order valence-electron chi connectivity index (χ3n) is 2.63. The minimum absolute atomic E-state index is 0.122. The highest BCUT2D eigenvalue weighted by Crippen LogP contribution is 2.15. The summed E-state index contributed by atoms with van der Waals surface area (Å²) in [4.78, 5) is 15.6. The summed E-state index contributed by atoms with van der Waals surface area (Å²) in [5.74, 6) is 1.02. The van der Waals surface area contributed by atoms with E-state index in [0.29, 0.717) is 25.6 Å². The van der Waals surface area contributed by atoms with Crippen molar-refractivity contribution in [1.82, 2.24) is 5.32 Å². The molecule has 0 aromatic heterocycles. The molecule has 1 unspecified atom stereocenters. The first-order valence-corrected chi connectivity index (χ1v) is 7.34. The molecular weight excluding hydrogens is 236 g/mol. The SMILES string of the molecule is CCOC(=O)CCCN=C1NC(CC)CCS1. The van der Waals surface area contributed by atoms with Crippen LogP contribution in [-0.2, 0) is 9.53 Å². The number of hydrogen-bond acceptors (Lipinski definition) is 4. The molecule has 0 aromatic rings. The van der Waals surface area contributed by atoms with Crippen molar-refractivity contribution < 1.29 is 9.53 Å². The first-order valence-electron chi connectivity index (χ1n) is 6.35. The Morgan fingerprint density at radius 1 is 1.59 bits per heavy atom. The van der Waals surface area contributed by atoms with Crippen LogP contribution in [0.3, 0.4) is 0 Å². The number of carbonyl (C=O) groups excluding carboxylic acids is 1. The molecule has 0 aromatic carbocycles. The van der Waals surface area contributed by atoms with Gasteiger partial charge in [-0.2, -0.15) is 0 Å². The fraction of sp³-hybridized carbons (Fsp3) is 0.833. The first-order chi connectivity index (χ1) is 8.26. The van der Waals surface area contributed by atoms with Crippen LogP contribution >= 0.6 is 11.8 Å². The molecule has 17 heavy (non-hydrogen) atoms. The van der Waals surface area contributed by atoms with Gasteiger partial charge in [0, 0.05) is 24.8 Å². The van der Waals surface area contributed by atoms with E-state index >= 15 is 0 Å². The Kier molecular flexibility index (Phi) is 7.08. The second-order valence-corrected chi connectivity index (χ2v) is 5.07. The Labute approximate surface area is 108 Å². The Morgan fingerprint density at radius 3 is 3.12 bits per heavy atom.